The highest BCUT2D eigenvalue weighted by molar-refractivity contribution is 7.21. The van der Waals surface area contributed by atoms with Crippen LogP contribution in [-0.2, 0) is 4.79 Å². The van der Waals surface area contributed by atoms with Crippen molar-refractivity contribution in [2.24, 2.45) is 10.7 Å². The molecule has 6 nitrogen and oxygen atoms in total. The van der Waals surface area contributed by atoms with Crippen molar-refractivity contribution in [2.75, 3.05) is 22.9 Å². The van der Waals surface area contributed by atoms with Crippen molar-refractivity contribution in [2.45, 2.75) is 43.9 Å². The Morgan fingerprint density at radius 2 is 2.06 bits per heavy atom. The Bertz CT molecular complexity index is 1310. The van der Waals surface area contributed by atoms with E-state index in [1.54, 1.807) is 22.7 Å². The van der Waals surface area contributed by atoms with Gasteiger partial charge in [-0.1, -0.05) is 11.3 Å². The Labute approximate surface area is 194 Å². The van der Waals surface area contributed by atoms with Gasteiger partial charge in [0.25, 0.3) is 0 Å². The summed E-state index contributed by atoms with van der Waals surface area (Å²) < 4.78 is 0. The van der Waals surface area contributed by atoms with Gasteiger partial charge >= 0.3 is 0 Å². The molecule has 160 valence electrons. The summed E-state index contributed by atoms with van der Waals surface area (Å²) >= 11 is 3.35. The molecule has 2 aromatic rings. The second-order valence-electron chi connectivity index (χ2n) is 9.07. The Hall–Kier alpha value is -2.89. The highest BCUT2D eigenvalue weighted by Crippen LogP contribution is 2.57. The lowest BCUT2D eigenvalue weighted by Gasteiger charge is -2.41. The number of hydrogen-bond acceptors (Lipinski definition) is 8. The van der Waals surface area contributed by atoms with Crippen LogP contribution in [0.25, 0.3) is 0 Å². The van der Waals surface area contributed by atoms with Gasteiger partial charge in [0.1, 0.15) is 10.8 Å². The fraction of sp³-hybridized carbons (Fsp3) is 0.375. The SMILES string of the molecule is N#CC1=C2N=C(N)c3c(sc4c3C3CCN4CC3)N2C2=C(C(=O)CCC2)C1c1ccsc1. The van der Waals surface area contributed by atoms with Gasteiger partial charge in [0.2, 0.25) is 0 Å². The minimum Gasteiger partial charge on any atom is -0.383 e. The number of aliphatic imine (C=N–C) groups is 1. The average Bonchev–Trinajstić information content (AvgIpc) is 3.48. The molecule has 8 heteroatoms. The summed E-state index contributed by atoms with van der Waals surface area (Å²) in [6, 6.07) is 4.45. The lowest BCUT2D eigenvalue weighted by Crippen LogP contribution is -2.40. The van der Waals surface area contributed by atoms with Gasteiger partial charge < -0.3 is 10.6 Å². The summed E-state index contributed by atoms with van der Waals surface area (Å²) in [5.41, 5.74) is 12.3. The van der Waals surface area contributed by atoms with Crippen molar-refractivity contribution in [3.05, 3.63) is 56.2 Å². The zero-order valence-electron chi connectivity index (χ0n) is 17.4. The monoisotopic (exact) mass is 459 g/mol. The number of anilines is 2. The number of nitrogens with zero attached hydrogens (tertiary/aromatic N) is 4. The van der Waals surface area contributed by atoms with E-state index in [0.29, 0.717) is 29.6 Å². The number of piperidine rings is 1. The molecule has 32 heavy (non-hydrogen) atoms. The number of carbonyl (C=O) groups excluding carboxylic acids is 1. The van der Waals surface area contributed by atoms with Crippen molar-refractivity contribution in [3.8, 4) is 6.07 Å². The van der Waals surface area contributed by atoms with E-state index in [2.05, 4.69) is 15.9 Å². The lowest BCUT2D eigenvalue weighted by molar-refractivity contribution is -0.116. The van der Waals surface area contributed by atoms with Crippen molar-refractivity contribution in [1.82, 2.24) is 0 Å². The predicted molar refractivity (Wildman–Crippen MR) is 127 cm³/mol. The number of amidine groups is 1. The highest BCUT2D eigenvalue weighted by Gasteiger charge is 2.46. The zero-order valence-corrected chi connectivity index (χ0v) is 19.1. The number of fused-ring (bicyclic) bond motifs is 6. The van der Waals surface area contributed by atoms with Crippen LogP contribution >= 0.6 is 22.7 Å². The van der Waals surface area contributed by atoms with Crippen LogP contribution in [0.3, 0.4) is 0 Å². The molecule has 7 heterocycles. The summed E-state index contributed by atoms with van der Waals surface area (Å²) in [5.74, 6) is 1.45. The summed E-state index contributed by atoms with van der Waals surface area (Å²) in [5, 5.41) is 16.7. The van der Waals surface area contributed by atoms with Gasteiger partial charge in [-0.05, 0) is 54.0 Å². The first-order chi connectivity index (χ1) is 15.7. The number of nitriles is 1. The molecular weight excluding hydrogens is 438 g/mol. The maximum Gasteiger partial charge on any atom is 0.161 e. The van der Waals surface area contributed by atoms with E-state index in [1.165, 1.54) is 10.6 Å². The van der Waals surface area contributed by atoms with E-state index in [0.717, 1.165) is 66.2 Å². The lowest BCUT2D eigenvalue weighted by atomic mass is 9.76. The molecule has 6 aliphatic rings. The minimum absolute atomic E-state index is 0.156. The molecule has 0 amide bonds. The van der Waals surface area contributed by atoms with E-state index in [1.807, 2.05) is 16.8 Å². The van der Waals surface area contributed by atoms with Crippen molar-refractivity contribution >= 4 is 44.3 Å². The molecule has 2 bridgehead atoms. The van der Waals surface area contributed by atoms with Gasteiger partial charge in [0.05, 0.1) is 28.1 Å². The van der Waals surface area contributed by atoms with E-state index in [4.69, 9.17) is 10.7 Å². The maximum absolute atomic E-state index is 13.3. The highest BCUT2D eigenvalue weighted by atomic mass is 32.1. The molecule has 0 spiro atoms. The Morgan fingerprint density at radius 3 is 2.81 bits per heavy atom. The molecule has 5 aliphatic heterocycles. The first-order valence-electron chi connectivity index (χ1n) is 11.2. The van der Waals surface area contributed by atoms with Crippen LogP contribution < -0.4 is 15.5 Å². The number of allylic oxidation sites excluding steroid dienone is 3. The van der Waals surface area contributed by atoms with E-state index >= 15 is 0 Å². The zero-order chi connectivity index (χ0) is 21.6. The van der Waals surface area contributed by atoms with Crippen LogP contribution in [0.5, 0.6) is 0 Å². The molecule has 2 N–H and O–H groups in total. The fourth-order valence-electron chi connectivity index (χ4n) is 6.12. The predicted octanol–water partition coefficient (Wildman–Crippen LogP) is 4.57. The molecule has 1 atom stereocenters. The molecule has 2 aromatic heterocycles. The third-order valence-corrected chi connectivity index (χ3v) is 9.46. The molecule has 0 aromatic carbocycles. The van der Waals surface area contributed by atoms with Crippen molar-refractivity contribution in [1.29, 1.82) is 5.26 Å². The number of ketones is 1. The number of hydrogen-bond donors (Lipinski definition) is 1. The van der Waals surface area contributed by atoms with Gasteiger partial charge in [-0.3, -0.25) is 9.69 Å². The molecule has 0 radical (unpaired) electrons. The van der Waals surface area contributed by atoms with Crippen LogP contribution in [0.15, 0.2) is 44.5 Å². The smallest absolute Gasteiger partial charge is 0.161 e. The quantitative estimate of drug-likeness (QED) is 0.675. The molecule has 1 unspecified atom stereocenters. The number of carbonyl (C=O) groups is 1. The Kier molecular flexibility index (Phi) is 3.83. The summed E-state index contributed by atoms with van der Waals surface area (Å²) in [4.78, 5) is 22.7. The summed E-state index contributed by atoms with van der Waals surface area (Å²) in [6.45, 7) is 2.18. The standard InChI is InChI=1S/C24H21N5OS2/c25-10-14-17(13-6-9-31-11-13)19-15(2-1-3-16(19)30)29-22(14)27-21(26)20-18-12-4-7-28(8-5-12)23(18)32-24(20)29/h6,9,11-12,17H,1-5,7-8H2,(H2,26,27). The van der Waals surface area contributed by atoms with Gasteiger partial charge in [0, 0.05) is 36.3 Å². The van der Waals surface area contributed by atoms with E-state index in [9.17, 15) is 10.1 Å². The van der Waals surface area contributed by atoms with Gasteiger partial charge in [-0.25, -0.2) is 4.99 Å². The number of thiophene rings is 2. The first-order valence-corrected chi connectivity index (χ1v) is 12.9. The van der Waals surface area contributed by atoms with Crippen molar-refractivity contribution < 1.29 is 4.79 Å². The number of nitrogens with two attached hydrogens (primary N) is 1. The van der Waals surface area contributed by atoms with Gasteiger partial charge in [-0.15, -0.1) is 0 Å². The molecule has 8 rings (SSSR count). The molecule has 0 saturated carbocycles. The van der Waals surface area contributed by atoms with Gasteiger partial charge in [-0.2, -0.15) is 16.6 Å². The van der Waals surface area contributed by atoms with Crippen LogP contribution in [0, 0.1) is 11.3 Å². The second kappa shape index (κ2) is 6.56. The Morgan fingerprint density at radius 1 is 1.22 bits per heavy atom. The Balaban J connectivity index is 1.53. The van der Waals surface area contributed by atoms with E-state index in [-0.39, 0.29) is 11.7 Å². The number of rotatable bonds is 1. The summed E-state index contributed by atoms with van der Waals surface area (Å²) in [6.07, 6.45) is 4.49. The van der Waals surface area contributed by atoms with E-state index < -0.39 is 0 Å². The number of Topliss-reactive ketones (excluding diaryl/α,β-unsaturated/α-hetero) is 1. The molecule has 1 fully saturated rings. The maximum atomic E-state index is 13.3. The normalized spacial score (nSPS) is 24.2. The van der Waals surface area contributed by atoms with Crippen LogP contribution in [0.4, 0.5) is 10.0 Å². The first kappa shape index (κ1) is 18.7. The second-order valence-corrected chi connectivity index (χ2v) is 10.8. The third kappa shape index (κ3) is 2.28. The van der Waals surface area contributed by atoms with Crippen LogP contribution in [0.2, 0.25) is 0 Å². The topological polar surface area (TPSA) is 85.7 Å². The van der Waals surface area contributed by atoms with Crippen molar-refractivity contribution in [3.63, 3.8) is 0 Å². The van der Waals surface area contributed by atoms with Gasteiger partial charge in [0.15, 0.2) is 11.6 Å². The fourth-order valence-corrected chi connectivity index (χ4v) is 8.29. The molecule has 1 aliphatic carbocycles. The van der Waals surface area contributed by atoms with Crippen LogP contribution in [-0.4, -0.2) is 24.7 Å². The van der Waals surface area contributed by atoms with Crippen LogP contribution in [0.1, 0.15) is 60.6 Å². The largest absolute Gasteiger partial charge is 0.383 e. The third-order valence-electron chi connectivity index (χ3n) is 7.51. The minimum atomic E-state index is -0.354. The molecular formula is C24H21N5OS2. The summed E-state index contributed by atoms with van der Waals surface area (Å²) in [7, 11) is 0. The average molecular weight is 460 g/mol. The molecule has 1 saturated heterocycles.